The van der Waals surface area contributed by atoms with Crippen LogP contribution in [0, 0.1) is 5.92 Å². The zero-order valence-corrected chi connectivity index (χ0v) is 12.3. The van der Waals surface area contributed by atoms with Crippen molar-refractivity contribution in [3.63, 3.8) is 0 Å². The molecule has 1 atom stereocenters. The molecule has 4 nitrogen and oxygen atoms in total. The van der Waals surface area contributed by atoms with Crippen molar-refractivity contribution < 1.29 is 9.53 Å². The van der Waals surface area contributed by atoms with Gasteiger partial charge in [-0.15, -0.1) is 0 Å². The number of hydrogen-bond donors (Lipinski definition) is 2. The van der Waals surface area contributed by atoms with Gasteiger partial charge in [0.05, 0.1) is 12.6 Å². The number of amides is 1. The van der Waals surface area contributed by atoms with Crippen molar-refractivity contribution in [1.29, 1.82) is 0 Å². The molecule has 0 saturated heterocycles. The van der Waals surface area contributed by atoms with E-state index in [0.717, 1.165) is 37.0 Å². The standard InChI is InChI=1S/C16H24N2O2/c1-12(11-17)15(19)18-16(9-3-4-10-16)13-5-7-14(20-2)8-6-13/h5-8,12H,3-4,9-11,17H2,1-2H3,(H,18,19). The maximum atomic E-state index is 12.2. The van der Waals surface area contributed by atoms with Crippen molar-refractivity contribution in [3.8, 4) is 5.75 Å². The van der Waals surface area contributed by atoms with Crippen molar-refractivity contribution >= 4 is 5.91 Å². The number of carbonyl (C=O) groups is 1. The molecule has 3 N–H and O–H groups in total. The van der Waals surface area contributed by atoms with Crippen LogP contribution in [0.25, 0.3) is 0 Å². The maximum absolute atomic E-state index is 12.2. The Morgan fingerprint density at radius 1 is 1.35 bits per heavy atom. The first-order valence-corrected chi connectivity index (χ1v) is 7.28. The molecule has 1 amide bonds. The Hall–Kier alpha value is -1.55. The normalized spacial score (nSPS) is 18.6. The summed E-state index contributed by atoms with van der Waals surface area (Å²) in [6.07, 6.45) is 4.26. The van der Waals surface area contributed by atoms with E-state index in [1.807, 2.05) is 19.1 Å². The van der Waals surface area contributed by atoms with Crippen molar-refractivity contribution in [3.05, 3.63) is 29.8 Å². The molecular weight excluding hydrogens is 252 g/mol. The zero-order chi connectivity index (χ0) is 14.6. The molecule has 4 heteroatoms. The number of nitrogens with one attached hydrogen (secondary N) is 1. The molecule has 1 aliphatic carbocycles. The molecule has 1 fully saturated rings. The van der Waals surface area contributed by atoms with Crippen LogP contribution in [0.1, 0.15) is 38.2 Å². The van der Waals surface area contributed by atoms with Gasteiger partial charge in [0.15, 0.2) is 0 Å². The molecular formula is C16H24N2O2. The Morgan fingerprint density at radius 3 is 2.45 bits per heavy atom. The summed E-state index contributed by atoms with van der Waals surface area (Å²) in [5, 5.41) is 3.24. The molecule has 0 aliphatic heterocycles. The van der Waals surface area contributed by atoms with Crippen LogP contribution in [-0.2, 0) is 10.3 Å². The van der Waals surface area contributed by atoms with Gasteiger partial charge in [-0.2, -0.15) is 0 Å². The lowest BCUT2D eigenvalue weighted by molar-refractivity contribution is -0.126. The second-order valence-electron chi connectivity index (χ2n) is 5.64. The molecule has 1 aliphatic rings. The van der Waals surface area contributed by atoms with Crippen molar-refractivity contribution in [2.45, 2.75) is 38.1 Å². The largest absolute Gasteiger partial charge is 0.497 e. The highest BCUT2D eigenvalue weighted by Crippen LogP contribution is 2.39. The minimum Gasteiger partial charge on any atom is -0.497 e. The van der Waals surface area contributed by atoms with Gasteiger partial charge in [0, 0.05) is 12.5 Å². The van der Waals surface area contributed by atoms with Gasteiger partial charge in [-0.25, -0.2) is 0 Å². The number of nitrogens with two attached hydrogens (primary N) is 1. The summed E-state index contributed by atoms with van der Waals surface area (Å²) >= 11 is 0. The molecule has 0 bridgehead atoms. The summed E-state index contributed by atoms with van der Waals surface area (Å²) in [7, 11) is 1.66. The van der Waals surface area contributed by atoms with Crippen LogP contribution in [-0.4, -0.2) is 19.6 Å². The van der Waals surface area contributed by atoms with Gasteiger partial charge < -0.3 is 15.8 Å². The number of carbonyl (C=O) groups excluding carboxylic acids is 1. The summed E-state index contributed by atoms with van der Waals surface area (Å²) in [6, 6.07) is 8.01. The fourth-order valence-corrected chi connectivity index (χ4v) is 2.84. The highest BCUT2D eigenvalue weighted by Gasteiger charge is 2.37. The van der Waals surface area contributed by atoms with E-state index in [1.165, 1.54) is 0 Å². The summed E-state index contributed by atoms with van der Waals surface area (Å²) in [5.41, 5.74) is 6.52. The Labute approximate surface area is 120 Å². The van der Waals surface area contributed by atoms with Gasteiger partial charge >= 0.3 is 0 Å². The number of ether oxygens (including phenoxy) is 1. The van der Waals surface area contributed by atoms with Crippen LogP contribution < -0.4 is 15.8 Å². The molecule has 110 valence electrons. The van der Waals surface area contributed by atoms with Crippen LogP contribution >= 0.6 is 0 Å². The second-order valence-corrected chi connectivity index (χ2v) is 5.64. The molecule has 1 aromatic rings. The summed E-state index contributed by atoms with van der Waals surface area (Å²) < 4.78 is 5.20. The van der Waals surface area contributed by atoms with E-state index in [2.05, 4.69) is 17.4 Å². The first kappa shape index (κ1) is 14.9. The topological polar surface area (TPSA) is 64.3 Å². The van der Waals surface area contributed by atoms with Gasteiger partial charge in [0.25, 0.3) is 0 Å². The molecule has 1 saturated carbocycles. The highest BCUT2D eigenvalue weighted by atomic mass is 16.5. The quantitative estimate of drug-likeness (QED) is 0.866. The van der Waals surface area contributed by atoms with E-state index in [0.29, 0.717) is 6.54 Å². The molecule has 0 aromatic heterocycles. The molecule has 1 unspecified atom stereocenters. The summed E-state index contributed by atoms with van der Waals surface area (Å²) in [4.78, 5) is 12.2. The average Bonchev–Trinajstić information content (AvgIpc) is 2.96. The molecule has 20 heavy (non-hydrogen) atoms. The third kappa shape index (κ3) is 2.96. The molecule has 0 spiro atoms. The smallest absolute Gasteiger partial charge is 0.224 e. The minimum atomic E-state index is -0.229. The molecule has 1 aromatic carbocycles. The summed E-state index contributed by atoms with van der Waals surface area (Å²) in [5.74, 6) is 0.736. The van der Waals surface area contributed by atoms with Gasteiger partial charge in [-0.3, -0.25) is 4.79 Å². The molecule has 0 heterocycles. The van der Waals surface area contributed by atoms with Crippen molar-refractivity contribution in [2.75, 3.05) is 13.7 Å². The number of methoxy groups -OCH3 is 1. The Bertz CT molecular complexity index is 450. The SMILES string of the molecule is COc1ccc(C2(NC(=O)C(C)CN)CCCC2)cc1. The second kappa shape index (κ2) is 6.27. The molecule has 2 rings (SSSR count). The van der Waals surface area contributed by atoms with Gasteiger partial charge in [0.2, 0.25) is 5.91 Å². The Balaban J connectivity index is 2.22. The first-order chi connectivity index (χ1) is 9.61. The van der Waals surface area contributed by atoms with E-state index >= 15 is 0 Å². The van der Waals surface area contributed by atoms with E-state index in [4.69, 9.17) is 10.5 Å². The Morgan fingerprint density at radius 2 is 1.95 bits per heavy atom. The van der Waals surface area contributed by atoms with Gasteiger partial charge in [0.1, 0.15) is 5.75 Å². The van der Waals surface area contributed by atoms with Crippen LogP contribution in [0.15, 0.2) is 24.3 Å². The summed E-state index contributed by atoms with van der Waals surface area (Å²) in [6.45, 7) is 2.25. The fourth-order valence-electron chi connectivity index (χ4n) is 2.84. The van der Waals surface area contributed by atoms with E-state index in [9.17, 15) is 4.79 Å². The first-order valence-electron chi connectivity index (χ1n) is 7.28. The van der Waals surface area contributed by atoms with E-state index in [1.54, 1.807) is 7.11 Å². The van der Waals surface area contributed by atoms with Gasteiger partial charge in [-0.05, 0) is 30.5 Å². The monoisotopic (exact) mass is 276 g/mol. The minimum absolute atomic E-state index is 0.0465. The Kier molecular flexibility index (Phi) is 4.65. The third-order valence-corrected chi connectivity index (χ3v) is 4.26. The third-order valence-electron chi connectivity index (χ3n) is 4.26. The van der Waals surface area contributed by atoms with Crippen LogP contribution in [0.3, 0.4) is 0 Å². The maximum Gasteiger partial charge on any atom is 0.224 e. The van der Waals surface area contributed by atoms with Crippen LogP contribution in [0.2, 0.25) is 0 Å². The highest BCUT2D eigenvalue weighted by molar-refractivity contribution is 5.79. The lowest BCUT2D eigenvalue weighted by Crippen LogP contribution is -2.47. The number of hydrogen-bond acceptors (Lipinski definition) is 3. The predicted octanol–water partition coefficient (Wildman–Crippen LogP) is 2.18. The zero-order valence-electron chi connectivity index (χ0n) is 12.3. The van der Waals surface area contributed by atoms with Crippen molar-refractivity contribution in [2.24, 2.45) is 11.7 Å². The van der Waals surface area contributed by atoms with Crippen LogP contribution in [0.5, 0.6) is 5.75 Å². The lowest BCUT2D eigenvalue weighted by Gasteiger charge is -2.32. The molecule has 0 radical (unpaired) electrons. The average molecular weight is 276 g/mol. The fraction of sp³-hybridized carbons (Fsp3) is 0.562. The van der Waals surface area contributed by atoms with Crippen LogP contribution in [0.4, 0.5) is 0 Å². The van der Waals surface area contributed by atoms with Crippen molar-refractivity contribution in [1.82, 2.24) is 5.32 Å². The van der Waals surface area contributed by atoms with E-state index in [-0.39, 0.29) is 17.4 Å². The van der Waals surface area contributed by atoms with E-state index < -0.39 is 0 Å². The van der Waals surface area contributed by atoms with Gasteiger partial charge in [-0.1, -0.05) is 31.9 Å². The number of benzene rings is 1. The predicted molar refractivity (Wildman–Crippen MR) is 79.5 cm³/mol. The lowest BCUT2D eigenvalue weighted by atomic mass is 9.87. The number of rotatable bonds is 5.